The predicted octanol–water partition coefficient (Wildman–Crippen LogP) is 3.22. The van der Waals surface area contributed by atoms with Crippen LogP contribution < -0.4 is 14.4 Å². The predicted molar refractivity (Wildman–Crippen MR) is 94.9 cm³/mol. The topological polar surface area (TPSA) is 55.8 Å². The van der Waals surface area contributed by atoms with Gasteiger partial charge in [0.15, 0.2) is 0 Å². The van der Waals surface area contributed by atoms with Gasteiger partial charge in [0.2, 0.25) is 5.91 Å². The van der Waals surface area contributed by atoms with Crippen molar-refractivity contribution in [3.63, 3.8) is 0 Å². The van der Waals surface area contributed by atoms with Gasteiger partial charge in [0.05, 0.1) is 13.0 Å². The third kappa shape index (κ3) is 3.82. The van der Waals surface area contributed by atoms with Crippen LogP contribution in [0.3, 0.4) is 0 Å². The van der Waals surface area contributed by atoms with E-state index in [0.717, 1.165) is 12.1 Å². The molecule has 1 heterocycles. The Kier molecular flexibility index (Phi) is 5.03. The summed E-state index contributed by atoms with van der Waals surface area (Å²) in [6.07, 6.45) is 1.09. The van der Waals surface area contributed by atoms with Gasteiger partial charge < -0.3 is 14.4 Å². The molecule has 1 aliphatic heterocycles. The molecule has 0 aromatic heterocycles. The zero-order valence-electron chi connectivity index (χ0n) is 14.4. The van der Waals surface area contributed by atoms with Crippen LogP contribution >= 0.6 is 0 Å². The minimum Gasteiger partial charge on any atom is -0.497 e. The minimum atomic E-state index is -0.468. The molecule has 1 fully saturated rings. The summed E-state index contributed by atoms with van der Waals surface area (Å²) >= 11 is 0. The second-order valence-electron chi connectivity index (χ2n) is 6.03. The van der Waals surface area contributed by atoms with Crippen molar-refractivity contribution in [3.8, 4) is 11.5 Å². The fraction of sp³-hybridized carbons (Fsp3) is 0.300. The first-order valence-corrected chi connectivity index (χ1v) is 8.35. The molecule has 0 bridgehead atoms. The maximum absolute atomic E-state index is 12.4. The SMILES string of the molecule is CCc1ccc(OC(=O)[C@@H]2CC(=O)N(c3cccc(OC)c3)C2)cc1. The molecule has 130 valence electrons. The van der Waals surface area contributed by atoms with Crippen molar-refractivity contribution in [3.05, 3.63) is 54.1 Å². The number of amides is 1. The van der Waals surface area contributed by atoms with Crippen LogP contribution in [-0.4, -0.2) is 25.5 Å². The lowest BCUT2D eigenvalue weighted by Crippen LogP contribution is -2.27. The van der Waals surface area contributed by atoms with Crippen LogP contribution in [0.2, 0.25) is 0 Å². The molecular weight excluding hydrogens is 318 g/mol. The average Bonchev–Trinajstić information content (AvgIpc) is 3.04. The highest BCUT2D eigenvalue weighted by atomic mass is 16.5. The molecule has 1 aliphatic rings. The van der Waals surface area contributed by atoms with E-state index in [-0.39, 0.29) is 18.3 Å². The van der Waals surface area contributed by atoms with Gasteiger partial charge in [0, 0.05) is 24.7 Å². The molecule has 5 heteroatoms. The van der Waals surface area contributed by atoms with E-state index in [2.05, 4.69) is 6.92 Å². The number of anilines is 1. The lowest BCUT2D eigenvalue weighted by Gasteiger charge is -2.17. The second kappa shape index (κ2) is 7.38. The third-order valence-corrected chi connectivity index (χ3v) is 4.37. The first-order chi connectivity index (χ1) is 12.1. The summed E-state index contributed by atoms with van der Waals surface area (Å²) in [5.41, 5.74) is 1.91. The van der Waals surface area contributed by atoms with E-state index < -0.39 is 5.92 Å². The first-order valence-electron chi connectivity index (χ1n) is 8.35. The summed E-state index contributed by atoms with van der Waals surface area (Å²) in [6.45, 7) is 2.39. The number of carbonyl (C=O) groups is 2. The maximum atomic E-state index is 12.4. The van der Waals surface area contributed by atoms with Crippen LogP contribution in [0.1, 0.15) is 18.9 Å². The average molecular weight is 339 g/mol. The van der Waals surface area contributed by atoms with Crippen molar-refractivity contribution >= 4 is 17.6 Å². The number of aryl methyl sites for hydroxylation is 1. The quantitative estimate of drug-likeness (QED) is 0.620. The molecule has 25 heavy (non-hydrogen) atoms. The number of benzene rings is 2. The Balaban J connectivity index is 1.67. The van der Waals surface area contributed by atoms with E-state index in [0.29, 0.717) is 18.0 Å². The molecule has 1 atom stereocenters. The molecule has 2 aromatic rings. The zero-order chi connectivity index (χ0) is 17.8. The van der Waals surface area contributed by atoms with E-state index in [1.807, 2.05) is 30.3 Å². The van der Waals surface area contributed by atoms with Gasteiger partial charge >= 0.3 is 5.97 Å². The Morgan fingerprint density at radius 1 is 1.16 bits per heavy atom. The molecule has 0 radical (unpaired) electrons. The molecule has 1 amide bonds. The van der Waals surface area contributed by atoms with Crippen LogP contribution in [0.15, 0.2) is 48.5 Å². The van der Waals surface area contributed by atoms with Crippen LogP contribution in [0.5, 0.6) is 11.5 Å². The number of rotatable bonds is 5. The lowest BCUT2D eigenvalue weighted by molar-refractivity contribution is -0.139. The highest BCUT2D eigenvalue weighted by Crippen LogP contribution is 2.28. The Hall–Kier alpha value is -2.82. The van der Waals surface area contributed by atoms with E-state index in [1.54, 1.807) is 30.2 Å². The molecule has 0 spiro atoms. The smallest absolute Gasteiger partial charge is 0.316 e. The second-order valence-corrected chi connectivity index (χ2v) is 6.03. The normalized spacial score (nSPS) is 16.8. The lowest BCUT2D eigenvalue weighted by atomic mass is 10.1. The summed E-state index contributed by atoms with van der Waals surface area (Å²) in [5, 5.41) is 0. The van der Waals surface area contributed by atoms with E-state index in [4.69, 9.17) is 9.47 Å². The summed E-state index contributed by atoms with van der Waals surface area (Å²) in [5.74, 6) is 0.255. The first kappa shape index (κ1) is 17.0. The van der Waals surface area contributed by atoms with Crippen molar-refractivity contribution < 1.29 is 19.1 Å². The van der Waals surface area contributed by atoms with Gasteiger partial charge in [-0.05, 0) is 36.2 Å². The molecule has 3 rings (SSSR count). The molecule has 0 saturated carbocycles. The Morgan fingerprint density at radius 3 is 2.60 bits per heavy atom. The van der Waals surface area contributed by atoms with Gasteiger partial charge in [0.25, 0.3) is 0 Å². The fourth-order valence-corrected chi connectivity index (χ4v) is 2.89. The van der Waals surface area contributed by atoms with Crippen molar-refractivity contribution in [1.82, 2.24) is 0 Å². The molecular formula is C20H21NO4. The fourth-order valence-electron chi connectivity index (χ4n) is 2.89. The standard InChI is InChI=1S/C20H21NO4/c1-3-14-7-9-17(10-8-14)25-20(23)15-11-19(22)21(13-15)16-5-4-6-18(12-16)24-2/h4-10,12,15H,3,11,13H2,1-2H3/t15-/m1/s1. The van der Waals surface area contributed by atoms with Gasteiger partial charge in [-0.25, -0.2) is 0 Å². The van der Waals surface area contributed by atoms with Crippen molar-refractivity contribution in [2.24, 2.45) is 5.92 Å². The molecule has 0 aliphatic carbocycles. The van der Waals surface area contributed by atoms with Crippen molar-refractivity contribution in [1.29, 1.82) is 0 Å². The minimum absolute atomic E-state index is 0.0865. The summed E-state index contributed by atoms with van der Waals surface area (Å²) < 4.78 is 10.6. The van der Waals surface area contributed by atoms with Gasteiger partial charge in [0.1, 0.15) is 11.5 Å². The molecule has 0 N–H and O–H groups in total. The van der Waals surface area contributed by atoms with E-state index in [9.17, 15) is 9.59 Å². The third-order valence-electron chi connectivity index (χ3n) is 4.37. The zero-order valence-corrected chi connectivity index (χ0v) is 14.4. The van der Waals surface area contributed by atoms with E-state index >= 15 is 0 Å². The number of nitrogens with zero attached hydrogens (tertiary/aromatic N) is 1. The van der Waals surface area contributed by atoms with Gasteiger partial charge in [-0.3, -0.25) is 9.59 Å². The number of methoxy groups -OCH3 is 1. The van der Waals surface area contributed by atoms with Crippen LogP contribution in [0.4, 0.5) is 5.69 Å². The van der Waals surface area contributed by atoms with Gasteiger partial charge in [-0.1, -0.05) is 25.1 Å². The Labute approximate surface area is 147 Å². The summed E-state index contributed by atoms with van der Waals surface area (Å²) in [6, 6.07) is 14.7. The van der Waals surface area contributed by atoms with Crippen molar-refractivity contribution in [2.45, 2.75) is 19.8 Å². The van der Waals surface area contributed by atoms with Gasteiger partial charge in [-0.2, -0.15) is 0 Å². The van der Waals surface area contributed by atoms with Crippen LogP contribution in [-0.2, 0) is 16.0 Å². The van der Waals surface area contributed by atoms with Crippen molar-refractivity contribution in [2.75, 3.05) is 18.6 Å². The monoisotopic (exact) mass is 339 g/mol. The highest BCUT2D eigenvalue weighted by Gasteiger charge is 2.36. The number of esters is 1. The summed E-state index contributed by atoms with van der Waals surface area (Å²) in [7, 11) is 1.58. The van der Waals surface area contributed by atoms with Crippen LogP contribution in [0.25, 0.3) is 0 Å². The number of hydrogen-bond acceptors (Lipinski definition) is 4. The number of carbonyl (C=O) groups excluding carboxylic acids is 2. The van der Waals surface area contributed by atoms with Gasteiger partial charge in [-0.15, -0.1) is 0 Å². The molecule has 1 saturated heterocycles. The highest BCUT2D eigenvalue weighted by molar-refractivity contribution is 5.99. The molecule has 0 unspecified atom stereocenters. The van der Waals surface area contributed by atoms with Crippen LogP contribution in [0, 0.1) is 5.92 Å². The largest absolute Gasteiger partial charge is 0.497 e. The number of hydrogen-bond donors (Lipinski definition) is 0. The summed E-state index contributed by atoms with van der Waals surface area (Å²) in [4.78, 5) is 26.3. The maximum Gasteiger partial charge on any atom is 0.316 e. The Morgan fingerprint density at radius 2 is 1.92 bits per heavy atom. The van der Waals surface area contributed by atoms with E-state index in [1.165, 1.54) is 5.56 Å². The Bertz CT molecular complexity index is 770. The number of ether oxygens (including phenoxy) is 2. The molecule has 5 nitrogen and oxygen atoms in total. The molecule has 2 aromatic carbocycles.